The normalized spacial score (nSPS) is 13.4. The maximum Gasteiger partial charge on any atom is 0.170 e. The van der Waals surface area contributed by atoms with Crippen LogP contribution >= 0.6 is 12.2 Å². The minimum absolute atomic E-state index is 0.145. The quantitative estimate of drug-likeness (QED) is 0.621. The number of methoxy groups -OCH3 is 1. The van der Waals surface area contributed by atoms with Crippen LogP contribution in [0.4, 0.5) is 5.69 Å². The molecule has 0 saturated heterocycles. The molecule has 2 aromatic carbocycles. The van der Waals surface area contributed by atoms with Gasteiger partial charge in [0.2, 0.25) is 0 Å². The molecular weight excluding hydrogens is 368 g/mol. The maximum atomic E-state index is 10.0. The van der Waals surface area contributed by atoms with E-state index in [2.05, 4.69) is 10.6 Å². The molecule has 0 amide bonds. The van der Waals surface area contributed by atoms with Crippen LogP contribution in [0.1, 0.15) is 0 Å². The predicted molar refractivity (Wildman–Crippen MR) is 106 cm³/mol. The lowest BCUT2D eigenvalue weighted by molar-refractivity contribution is 0.110. The zero-order chi connectivity index (χ0) is 19.1. The summed E-state index contributed by atoms with van der Waals surface area (Å²) in [5.74, 6) is 2.81. The van der Waals surface area contributed by atoms with Gasteiger partial charge in [-0.3, -0.25) is 0 Å². The zero-order valence-corrected chi connectivity index (χ0v) is 15.8. The van der Waals surface area contributed by atoms with Crippen LogP contribution in [-0.2, 0) is 0 Å². The van der Waals surface area contributed by atoms with Crippen LogP contribution in [0.2, 0.25) is 0 Å². The Hall–Kier alpha value is -2.71. The third kappa shape index (κ3) is 5.63. The molecule has 0 bridgehead atoms. The van der Waals surface area contributed by atoms with Crippen LogP contribution in [0.3, 0.4) is 0 Å². The van der Waals surface area contributed by atoms with E-state index >= 15 is 0 Å². The highest BCUT2D eigenvalue weighted by Gasteiger charge is 2.12. The molecule has 0 fully saturated rings. The van der Waals surface area contributed by atoms with Gasteiger partial charge in [-0.05, 0) is 48.6 Å². The third-order valence-electron chi connectivity index (χ3n) is 3.80. The maximum absolute atomic E-state index is 10.0. The van der Waals surface area contributed by atoms with Crippen molar-refractivity contribution in [3.05, 3.63) is 42.5 Å². The van der Waals surface area contributed by atoms with E-state index in [9.17, 15) is 5.11 Å². The Labute approximate surface area is 163 Å². The molecule has 0 saturated carbocycles. The zero-order valence-electron chi connectivity index (χ0n) is 14.9. The standard InChI is InChI=1S/C19H22N2O5S/c1-23-15-3-5-16(6-4-15)26-12-14(22)11-20-19(27)21-13-2-7-17-18(10-13)25-9-8-24-17/h2-7,10,14,22H,8-9,11-12H2,1H3,(H2,20,21,27)/t14-/m1/s1. The van der Waals surface area contributed by atoms with E-state index < -0.39 is 6.10 Å². The molecule has 0 spiro atoms. The van der Waals surface area contributed by atoms with Crippen molar-refractivity contribution in [2.24, 2.45) is 0 Å². The molecule has 27 heavy (non-hydrogen) atoms. The minimum atomic E-state index is -0.716. The summed E-state index contributed by atoms with van der Waals surface area (Å²) < 4.78 is 21.7. The Morgan fingerprint density at radius 3 is 2.56 bits per heavy atom. The van der Waals surface area contributed by atoms with Crippen molar-refractivity contribution in [3.63, 3.8) is 0 Å². The van der Waals surface area contributed by atoms with Gasteiger partial charge in [-0.15, -0.1) is 0 Å². The molecule has 0 aromatic heterocycles. The van der Waals surface area contributed by atoms with Crippen LogP contribution in [0, 0.1) is 0 Å². The van der Waals surface area contributed by atoms with Crippen LogP contribution in [0.5, 0.6) is 23.0 Å². The van der Waals surface area contributed by atoms with E-state index in [0.29, 0.717) is 29.8 Å². The molecule has 144 valence electrons. The fraction of sp³-hybridized carbons (Fsp3) is 0.316. The fourth-order valence-corrected chi connectivity index (χ4v) is 2.63. The number of anilines is 1. The Balaban J connectivity index is 1.40. The Morgan fingerprint density at radius 1 is 1.11 bits per heavy atom. The highest BCUT2D eigenvalue weighted by Crippen LogP contribution is 2.32. The number of hydrogen-bond donors (Lipinski definition) is 3. The highest BCUT2D eigenvalue weighted by molar-refractivity contribution is 7.80. The first-order chi connectivity index (χ1) is 13.1. The number of aliphatic hydroxyl groups excluding tert-OH is 1. The van der Waals surface area contributed by atoms with Crippen LogP contribution in [0.15, 0.2) is 42.5 Å². The predicted octanol–water partition coefficient (Wildman–Crippen LogP) is 2.19. The number of rotatable bonds is 7. The average molecular weight is 390 g/mol. The van der Waals surface area contributed by atoms with Crippen LogP contribution in [-0.4, -0.2) is 49.8 Å². The molecule has 1 aliphatic rings. The molecule has 8 heteroatoms. The van der Waals surface area contributed by atoms with Gasteiger partial charge in [0.1, 0.15) is 37.4 Å². The first-order valence-corrected chi connectivity index (χ1v) is 8.94. The summed E-state index contributed by atoms with van der Waals surface area (Å²) in [6.45, 7) is 1.48. The first-order valence-electron chi connectivity index (χ1n) is 8.53. The van der Waals surface area contributed by atoms with Gasteiger partial charge in [0, 0.05) is 18.3 Å². The van der Waals surface area contributed by atoms with Crippen molar-refractivity contribution in [1.29, 1.82) is 0 Å². The molecular formula is C19H22N2O5S. The number of thiocarbonyl (C=S) groups is 1. The summed E-state index contributed by atoms with van der Waals surface area (Å²) in [6.07, 6.45) is -0.716. The monoisotopic (exact) mass is 390 g/mol. The van der Waals surface area contributed by atoms with E-state index in [1.165, 1.54) is 0 Å². The average Bonchev–Trinajstić information content (AvgIpc) is 2.71. The lowest BCUT2D eigenvalue weighted by Crippen LogP contribution is -2.37. The number of fused-ring (bicyclic) bond motifs is 1. The van der Waals surface area contributed by atoms with Gasteiger partial charge in [0.05, 0.1) is 7.11 Å². The molecule has 0 radical (unpaired) electrons. The second kappa shape index (κ2) is 9.29. The largest absolute Gasteiger partial charge is 0.497 e. The molecule has 1 aliphatic heterocycles. The van der Waals surface area contributed by atoms with Crippen LogP contribution < -0.4 is 29.6 Å². The van der Waals surface area contributed by atoms with Gasteiger partial charge in [-0.2, -0.15) is 0 Å². The molecule has 0 unspecified atom stereocenters. The lowest BCUT2D eigenvalue weighted by atomic mass is 10.2. The number of aliphatic hydroxyl groups is 1. The molecule has 3 rings (SSSR count). The van der Waals surface area contributed by atoms with E-state index in [-0.39, 0.29) is 13.2 Å². The van der Waals surface area contributed by atoms with E-state index in [1.54, 1.807) is 31.4 Å². The molecule has 1 atom stereocenters. The molecule has 7 nitrogen and oxygen atoms in total. The van der Waals surface area contributed by atoms with Gasteiger partial charge in [0.25, 0.3) is 0 Å². The van der Waals surface area contributed by atoms with Crippen molar-refractivity contribution in [3.8, 4) is 23.0 Å². The lowest BCUT2D eigenvalue weighted by Gasteiger charge is -2.20. The molecule has 0 aliphatic carbocycles. The van der Waals surface area contributed by atoms with Crippen molar-refractivity contribution in [1.82, 2.24) is 5.32 Å². The second-order valence-electron chi connectivity index (χ2n) is 5.83. The van der Waals surface area contributed by atoms with Crippen molar-refractivity contribution < 1.29 is 24.1 Å². The van der Waals surface area contributed by atoms with Crippen molar-refractivity contribution in [2.75, 3.05) is 38.8 Å². The highest BCUT2D eigenvalue weighted by atomic mass is 32.1. The SMILES string of the molecule is COc1ccc(OC[C@H](O)CNC(=S)Nc2ccc3c(c2)OCCO3)cc1. The van der Waals surface area contributed by atoms with Gasteiger partial charge < -0.3 is 34.7 Å². The Morgan fingerprint density at radius 2 is 1.81 bits per heavy atom. The van der Waals surface area contributed by atoms with Gasteiger partial charge in [0.15, 0.2) is 16.6 Å². The summed E-state index contributed by atoms with van der Waals surface area (Å²) in [6, 6.07) is 12.7. The van der Waals surface area contributed by atoms with E-state index in [1.807, 2.05) is 18.2 Å². The molecule has 2 aromatic rings. The topological polar surface area (TPSA) is 81.2 Å². The number of hydrogen-bond acceptors (Lipinski definition) is 6. The van der Waals surface area contributed by atoms with Crippen LogP contribution in [0.25, 0.3) is 0 Å². The summed E-state index contributed by atoms with van der Waals surface area (Å²) >= 11 is 5.25. The summed E-state index contributed by atoms with van der Waals surface area (Å²) in [4.78, 5) is 0. The van der Waals surface area contributed by atoms with E-state index in [4.69, 9.17) is 31.2 Å². The molecule has 3 N–H and O–H groups in total. The first kappa shape index (κ1) is 19.1. The second-order valence-corrected chi connectivity index (χ2v) is 6.24. The van der Waals surface area contributed by atoms with Gasteiger partial charge in [-0.1, -0.05) is 0 Å². The van der Waals surface area contributed by atoms with Crippen molar-refractivity contribution in [2.45, 2.75) is 6.10 Å². The summed E-state index contributed by atoms with van der Waals surface area (Å²) in [5.41, 5.74) is 0.778. The summed E-state index contributed by atoms with van der Waals surface area (Å²) in [5, 5.41) is 16.5. The molecule has 1 heterocycles. The Kier molecular flexibility index (Phi) is 6.56. The summed E-state index contributed by atoms with van der Waals surface area (Å²) in [7, 11) is 1.60. The fourth-order valence-electron chi connectivity index (χ4n) is 2.43. The Bertz CT molecular complexity index is 769. The third-order valence-corrected chi connectivity index (χ3v) is 4.05. The van der Waals surface area contributed by atoms with Gasteiger partial charge in [-0.25, -0.2) is 0 Å². The smallest absolute Gasteiger partial charge is 0.170 e. The van der Waals surface area contributed by atoms with E-state index in [0.717, 1.165) is 17.2 Å². The van der Waals surface area contributed by atoms with Gasteiger partial charge >= 0.3 is 0 Å². The minimum Gasteiger partial charge on any atom is -0.497 e. The number of nitrogens with one attached hydrogen (secondary N) is 2. The number of ether oxygens (including phenoxy) is 4. The van der Waals surface area contributed by atoms with Crippen molar-refractivity contribution >= 4 is 23.0 Å². The number of benzene rings is 2.